The molecule has 0 atom stereocenters. The molecule has 0 radical (unpaired) electrons. The minimum Gasteiger partial charge on any atom is -0.458 e. The van der Waals surface area contributed by atoms with Gasteiger partial charge in [0, 0.05) is 19.2 Å². The van der Waals surface area contributed by atoms with E-state index in [2.05, 4.69) is 0 Å². The van der Waals surface area contributed by atoms with Gasteiger partial charge in [-0.15, -0.1) is 0 Å². The number of carbonyl (C=O) groups is 1. The third-order valence-corrected chi connectivity index (χ3v) is 6.91. The van der Waals surface area contributed by atoms with Gasteiger partial charge in [-0.3, -0.25) is 0 Å². The zero-order valence-corrected chi connectivity index (χ0v) is 17.5. The van der Waals surface area contributed by atoms with Crippen molar-refractivity contribution >= 4 is 22.1 Å². The van der Waals surface area contributed by atoms with Crippen LogP contribution in [-0.4, -0.2) is 31.8 Å². The van der Waals surface area contributed by atoms with Crippen molar-refractivity contribution in [1.29, 1.82) is 0 Å². The molecule has 0 N–H and O–H groups in total. The molecule has 1 aliphatic rings. The van der Waals surface area contributed by atoms with Crippen molar-refractivity contribution in [2.24, 2.45) is 0 Å². The van der Waals surface area contributed by atoms with Gasteiger partial charge in [0.2, 0.25) is 10.0 Å². The molecule has 0 aliphatic carbocycles. The van der Waals surface area contributed by atoms with Crippen molar-refractivity contribution < 1.29 is 17.9 Å². The van der Waals surface area contributed by atoms with Gasteiger partial charge in [0.05, 0.1) is 4.90 Å². The van der Waals surface area contributed by atoms with E-state index in [4.69, 9.17) is 4.74 Å². The Balaban J connectivity index is 1.57. The summed E-state index contributed by atoms with van der Waals surface area (Å²) < 4.78 is 32.4. The molecule has 2 aromatic carbocycles. The Hall–Kier alpha value is -2.44. The highest BCUT2D eigenvalue weighted by atomic mass is 32.2. The van der Waals surface area contributed by atoms with Crippen molar-refractivity contribution in [2.75, 3.05) is 13.1 Å². The van der Waals surface area contributed by atoms with Gasteiger partial charge in [0.15, 0.2) is 0 Å². The standard InChI is InChI=1S/C23H27NO4S/c1-19-6-8-21(9-7-19)18-28-23(25)15-12-20-10-13-22(14-11-20)29(26,27)24-16-4-2-3-5-17-24/h6-15H,2-5,16-18H2,1H3. The normalized spacial score (nSPS) is 15.9. The van der Waals surface area contributed by atoms with Crippen LogP contribution in [0.25, 0.3) is 6.08 Å². The first kappa shape index (κ1) is 21.3. The van der Waals surface area contributed by atoms with Crippen LogP contribution in [0.5, 0.6) is 0 Å². The quantitative estimate of drug-likeness (QED) is 0.523. The van der Waals surface area contributed by atoms with Gasteiger partial charge in [0.25, 0.3) is 0 Å². The average molecular weight is 414 g/mol. The Kier molecular flexibility index (Phi) is 7.23. The fourth-order valence-corrected chi connectivity index (χ4v) is 4.75. The Labute approximate surface area is 173 Å². The first-order valence-corrected chi connectivity index (χ1v) is 11.4. The topological polar surface area (TPSA) is 63.7 Å². The summed E-state index contributed by atoms with van der Waals surface area (Å²) in [5.41, 5.74) is 2.83. The van der Waals surface area contributed by atoms with Crippen LogP contribution in [0.4, 0.5) is 0 Å². The van der Waals surface area contributed by atoms with Crippen LogP contribution in [0.3, 0.4) is 0 Å². The molecule has 3 rings (SSSR count). The maximum absolute atomic E-state index is 12.8. The Bertz CT molecular complexity index is 939. The summed E-state index contributed by atoms with van der Waals surface area (Å²) in [7, 11) is -3.46. The van der Waals surface area contributed by atoms with Crippen LogP contribution < -0.4 is 0 Å². The van der Waals surface area contributed by atoms with Gasteiger partial charge in [-0.05, 0) is 49.1 Å². The van der Waals surface area contributed by atoms with Crippen LogP contribution in [0, 0.1) is 6.92 Å². The zero-order valence-electron chi connectivity index (χ0n) is 16.7. The summed E-state index contributed by atoms with van der Waals surface area (Å²) >= 11 is 0. The smallest absolute Gasteiger partial charge is 0.331 e. The summed E-state index contributed by atoms with van der Waals surface area (Å²) in [6, 6.07) is 14.4. The minimum absolute atomic E-state index is 0.219. The number of rotatable bonds is 6. The van der Waals surface area contributed by atoms with Gasteiger partial charge in [0.1, 0.15) is 6.61 Å². The van der Waals surface area contributed by atoms with Crippen LogP contribution in [0.1, 0.15) is 42.4 Å². The molecule has 0 aromatic heterocycles. The largest absolute Gasteiger partial charge is 0.458 e. The summed E-state index contributed by atoms with van der Waals surface area (Å²) in [5.74, 6) is -0.438. The van der Waals surface area contributed by atoms with Crippen molar-refractivity contribution in [3.8, 4) is 0 Å². The average Bonchev–Trinajstić information content (AvgIpc) is 3.02. The number of nitrogens with zero attached hydrogens (tertiary/aromatic N) is 1. The van der Waals surface area contributed by atoms with Crippen molar-refractivity contribution in [1.82, 2.24) is 4.31 Å². The predicted octanol–water partition coefficient (Wildman–Crippen LogP) is 4.32. The molecule has 154 valence electrons. The molecule has 29 heavy (non-hydrogen) atoms. The number of ether oxygens (including phenoxy) is 1. The highest BCUT2D eigenvalue weighted by Gasteiger charge is 2.24. The lowest BCUT2D eigenvalue weighted by molar-refractivity contribution is -0.138. The lowest BCUT2D eigenvalue weighted by Gasteiger charge is -2.19. The van der Waals surface area contributed by atoms with E-state index >= 15 is 0 Å². The molecule has 6 heteroatoms. The predicted molar refractivity (Wildman–Crippen MR) is 114 cm³/mol. The van der Waals surface area contributed by atoms with Gasteiger partial charge in [-0.2, -0.15) is 4.31 Å². The third kappa shape index (κ3) is 6.02. The molecule has 5 nitrogen and oxygen atoms in total. The number of benzene rings is 2. The molecule has 0 spiro atoms. The molecule has 0 amide bonds. The van der Waals surface area contributed by atoms with Crippen molar-refractivity contribution in [2.45, 2.75) is 44.1 Å². The van der Waals surface area contributed by atoms with E-state index in [1.165, 1.54) is 6.08 Å². The van der Waals surface area contributed by atoms with E-state index in [1.807, 2.05) is 31.2 Å². The van der Waals surface area contributed by atoms with E-state index in [1.54, 1.807) is 34.6 Å². The van der Waals surface area contributed by atoms with E-state index in [9.17, 15) is 13.2 Å². The molecular formula is C23H27NO4S. The van der Waals surface area contributed by atoms with Gasteiger partial charge in [-0.1, -0.05) is 54.8 Å². The van der Waals surface area contributed by atoms with E-state index < -0.39 is 16.0 Å². The van der Waals surface area contributed by atoms with Crippen molar-refractivity contribution in [3.63, 3.8) is 0 Å². The fourth-order valence-electron chi connectivity index (χ4n) is 3.23. The summed E-state index contributed by atoms with van der Waals surface area (Å²) in [4.78, 5) is 12.2. The lowest BCUT2D eigenvalue weighted by atomic mass is 10.2. The number of hydrogen-bond donors (Lipinski definition) is 0. The number of sulfonamides is 1. The molecule has 0 saturated carbocycles. The van der Waals surface area contributed by atoms with Crippen molar-refractivity contribution in [3.05, 3.63) is 71.3 Å². The second-order valence-corrected chi connectivity index (χ2v) is 9.25. The van der Waals surface area contributed by atoms with Gasteiger partial charge in [-0.25, -0.2) is 13.2 Å². The van der Waals surface area contributed by atoms with Crippen LogP contribution in [-0.2, 0) is 26.2 Å². The third-order valence-electron chi connectivity index (χ3n) is 5.00. The van der Waals surface area contributed by atoms with Gasteiger partial charge < -0.3 is 4.74 Å². The second-order valence-electron chi connectivity index (χ2n) is 7.31. The summed E-state index contributed by atoms with van der Waals surface area (Å²) in [6.45, 7) is 3.38. The molecule has 0 bridgehead atoms. The summed E-state index contributed by atoms with van der Waals surface area (Å²) in [6.07, 6.45) is 6.95. The number of carbonyl (C=O) groups excluding carboxylic acids is 1. The fraction of sp³-hybridized carbons (Fsp3) is 0.348. The number of esters is 1. The Morgan fingerprint density at radius 2 is 1.59 bits per heavy atom. The molecule has 1 saturated heterocycles. The Morgan fingerprint density at radius 1 is 0.966 bits per heavy atom. The molecule has 1 fully saturated rings. The molecular weight excluding hydrogens is 386 g/mol. The highest BCUT2D eigenvalue weighted by Crippen LogP contribution is 2.21. The number of hydrogen-bond acceptors (Lipinski definition) is 4. The van der Waals surface area contributed by atoms with Crippen LogP contribution in [0.15, 0.2) is 59.5 Å². The van der Waals surface area contributed by atoms with Crippen LogP contribution in [0.2, 0.25) is 0 Å². The highest BCUT2D eigenvalue weighted by molar-refractivity contribution is 7.89. The first-order chi connectivity index (χ1) is 13.9. The molecule has 2 aromatic rings. The molecule has 1 aliphatic heterocycles. The van der Waals surface area contributed by atoms with Gasteiger partial charge >= 0.3 is 5.97 Å². The monoisotopic (exact) mass is 413 g/mol. The first-order valence-electron chi connectivity index (χ1n) is 9.96. The Morgan fingerprint density at radius 3 is 2.21 bits per heavy atom. The minimum atomic E-state index is -3.46. The maximum atomic E-state index is 12.8. The second kappa shape index (κ2) is 9.85. The zero-order chi connectivity index (χ0) is 20.7. The lowest BCUT2D eigenvalue weighted by Crippen LogP contribution is -2.31. The van der Waals surface area contributed by atoms with E-state index in [0.717, 1.165) is 42.4 Å². The molecule has 1 heterocycles. The molecule has 0 unspecified atom stereocenters. The van der Waals surface area contributed by atoms with E-state index in [-0.39, 0.29) is 6.61 Å². The number of aryl methyl sites for hydroxylation is 1. The van der Waals surface area contributed by atoms with Crippen LogP contribution >= 0.6 is 0 Å². The van der Waals surface area contributed by atoms with E-state index in [0.29, 0.717) is 18.0 Å². The summed E-state index contributed by atoms with van der Waals surface area (Å²) in [5, 5.41) is 0. The maximum Gasteiger partial charge on any atom is 0.331 e. The SMILES string of the molecule is Cc1ccc(COC(=O)C=Cc2ccc(S(=O)(=O)N3CCCCCC3)cc2)cc1.